The number of hydrogen-bond acceptors (Lipinski definition) is 6. The second-order valence-corrected chi connectivity index (χ2v) is 11.1. The topological polar surface area (TPSA) is 109 Å². The normalized spacial score (nSPS) is 20.4. The number of aliphatic carboxylic acids is 1. The molecule has 2 aliphatic rings. The third-order valence-corrected chi connectivity index (χ3v) is 7.32. The number of carboxylic acids is 1. The van der Waals surface area contributed by atoms with Crippen LogP contribution in [-0.4, -0.2) is 51.1 Å². The van der Waals surface area contributed by atoms with Crippen molar-refractivity contribution in [2.75, 3.05) is 6.54 Å². The van der Waals surface area contributed by atoms with Gasteiger partial charge >= 0.3 is 12.1 Å². The Morgan fingerprint density at radius 1 is 1.12 bits per heavy atom. The molecule has 0 atom stereocenters. The fraction of sp³-hybridized carbons (Fsp3) is 0.520. The molecule has 0 bridgehead atoms. The van der Waals surface area contributed by atoms with Crippen molar-refractivity contribution in [2.45, 2.75) is 71.1 Å². The van der Waals surface area contributed by atoms with Gasteiger partial charge in [-0.2, -0.15) is 0 Å². The number of fused-ring (bicyclic) bond motifs is 1. The smallest absolute Gasteiger partial charge is 0.410 e. The molecular formula is C25H31N3O5S. The predicted octanol–water partition coefficient (Wildman–Crippen LogP) is 4.48. The molecule has 2 amide bonds. The third kappa shape index (κ3) is 5.75. The molecule has 182 valence electrons. The van der Waals surface area contributed by atoms with Gasteiger partial charge in [0, 0.05) is 35.0 Å². The van der Waals surface area contributed by atoms with E-state index >= 15 is 0 Å². The lowest BCUT2D eigenvalue weighted by atomic mass is 9.86. The van der Waals surface area contributed by atoms with Gasteiger partial charge in [-0.25, -0.2) is 9.78 Å². The number of ether oxygens (including phenoxy) is 1. The van der Waals surface area contributed by atoms with E-state index in [0.717, 1.165) is 21.1 Å². The first-order valence-corrected chi connectivity index (χ1v) is 12.5. The highest BCUT2D eigenvalue weighted by Gasteiger charge is 2.29. The molecule has 0 unspecified atom stereocenters. The maximum Gasteiger partial charge on any atom is 0.410 e. The SMILES string of the molecule is CC(C)(C)OC(=O)N1CCc2nc(-c3ccc(C(=O)N[C@H]4CC[C@H](C(=O)O)CC4)cc3)sc2C1. The Labute approximate surface area is 203 Å². The summed E-state index contributed by atoms with van der Waals surface area (Å²) in [6.45, 7) is 6.65. The molecule has 0 spiro atoms. The van der Waals surface area contributed by atoms with Crippen LogP contribution in [0.5, 0.6) is 0 Å². The fourth-order valence-corrected chi connectivity index (χ4v) is 5.45. The van der Waals surface area contributed by atoms with E-state index in [-0.39, 0.29) is 24.0 Å². The second kappa shape index (κ2) is 9.74. The first-order valence-electron chi connectivity index (χ1n) is 11.7. The lowest BCUT2D eigenvalue weighted by Crippen LogP contribution is -2.39. The van der Waals surface area contributed by atoms with Gasteiger partial charge in [0.1, 0.15) is 10.6 Å². The molecule has 1 aromatic carbocycles. The zero-order valence-corrected chi connectivity index (χ0v) is 20.6. The Morgan fingerprint density at radius 3 is 2.41 bits per heavy atom. The van der Waals surface area contributed by atoms with E-state index < -0.39 is 11.6 Å². The van der Waals surface area contributed by atoms with Gasteiger partial charge in [0.15, 0.2) is 0 Å². The zero-order valence-electron chi connectivity index (χ0n) is 19.8. The Kier molecular flexibility index (Phi) is 6.93. The molecule has 2 aromatic rings. The summed E-state index contributed by atoms with van der Waals surface area (Å²) in [5, 5.41) is 13.0. The highest BCUT2D eigenvalue weighted by Crippen LogP contribution is 2.32. The molecule has 0 saturated heterocycles. The minimum atomic E-state index is -0.748. The Bertz CT molecular complexity index is 1070. The molecule has 1 aromatic heterocycles. The predicted molar refractivity (Wildman–Crippen MR) is 129 cm³/mol. The molecule has 9 heteroatoms. The van der Waals surface area contributed by atoms with Crippen LogP contribution >= 0.6 is 11.3 Å². The van der Waals surface area contributed by atoms with E-state index in [1.54, 1.807) is 28.4 Å². The van der Waals surface area contributed by atoms with Crippen LogP contribution in [0.15, 0.2) is 24.3 Å². The van der Waals surface area contributed by atoms with Crippen molar-refractivity contribution in [1.82, 2.24) is 15.2 Å². The van der Waals surface area contributed by atoms with Crippen LogP contribution in [0.2, 0.25) is 0 Å². The standard InChI is InChI=1S/C25H31N3O5S/c1-25(2,3)33-24(32)28-13-12-19-20(14-28)34-22(27-19)16-6-4-15(5-7-16)21(29)26-18-10-8-17(9-11-18)23(30)31/h4-7,17-18H,8-14H2,1-3H3,(H,26,29)(H,30,31)/t17-,18-. The summed E-state index contributed by atoms with van der Waals surface area (Å²) in [6.07, 6.45) is 2.95. The zero-order chi connectivity index (χ0) is 24.5. The Balaban J connectivity index is 1.36. The maximum atomic E-state index is 12.6. The molecule has 1 aliphatic carbocycles. The first-order chi connectivity index (χ1) is 16.1. The number of thiazole rings is 1. The largest absolute Gasteiger partial charge is 0.481 e. The number of nitrogens with one attached hydrogen (secondary N) is 1. The molecule has 34 heavy (non-hydrogen) atoms. The molecular weight excluding hydrogens is 454 g/mol. The number of hydrogen-bond donors (Lipinski definition) is 2. The number of carbonyl (C=O) groups excluding carboxylic acids is 2. The Morgan fingerprint density at radius 2 is 1.79 bits per heavy atom. The van der Waals surface area contributed by atoms with Crippen LogP contribution < -0.4 is 5.32 Å². The van der Waals surface area contributed by atoms with Gasteiger partial charge < -0.3 is 20.1 Å². The second-order valence-electron chi connectivity index (χ2n) is 9.98. The summed E-state index contributed by atoms with van der Waals surface area (Å²) in [5.41, 5.74) is 1.99. The van der Waals surface area contributed by atoms with E-state index in [9.17, 15) is 14.4 Å². The number of benzene rings is 1. The van der Waals surface area contributed by atoms with Crippen molar-refractivity contribution in [3.05, 3.63) is 40.4 Å². The summed E-state index contributed by atoms with van der Waals surface area (Å²) in [7, 11) is 0. The molecule has 8 nitrogen and oxygen atoms in total. The van der Waals surface area contributed by atoms with Crippen molar-refractivity contribution in [1.29, 1.82) is 0 Å². The first kappa shape index (κ1) is 24.2. The van der Waals surface area contributed by atoms with E-state index in [4.69, 9.17) is 14.8 Å². The van der Waals surface area contributed by atoms with Crippen molar-refractivity contribution in [2.24, 2.45) is 5.92 Å². The van der Waals surface area contributed by atoms with Crippen molar-refractivity contribution >= 4 is 29.3 Å². The minimum Gasteiger partial charge on any atom is -0.481 e. The molecule has 4 rings (SSSR count). The summed E-state index contributed by atoms with van der Waals surface area (Å²) < 4.78 is 5.50. The average molecular weight is 486 g/mol. The molecule has 1 saturated carbocycles. The van der Waals surface area contributed by atoms with Crippen LogP contribution in [0, 0.1) is 5.92 Å². The molecule has 1 fully saturated rings. The number of amides is 2. The number of nitrogens with zero attached hydrogens (tertiary/aromatic N) is 2. The molecule has 1 aliphatic heterocycles. The van der Waals surface area contributed by atoms with Crippen LogP contribution in [0.25, 0.3) is 10.6 Å². The van der Waals surface area contributed by atoms with E-state index in [2.05, 4.69) is 5.32 Å². The summed E-state index contributed by atoms with van der Waals surface area (Å²) in [5.74, 6) is -1.19. The Hall–Kier alpha value is -2.94. The quantitative estimate of drug-likeness (QED) is 0.661. The van der Waals surface area contributed by atoms with Gasteiger partial charge in [0.05, 0.1) is 18.2 Å². The maximum absolute atomic E-state index is 12.6. The molecule has 2 heterocycles. The molecule has 0 radical (unpaired) electrons. The van der Waals surface area contributed by atoms with Crippen LogP contribution in [0.1, 0.15) is 67.4 Å². The van der Waals surface area contributed by atoms with E-state index in [1.807, 2.05) is 32.9 Å². The van der Waals surface area contributed by atoms with Crippen molar-refractivity contribution < 1.29 is 24.2 Å². The number of rotatable bonds is 4. The minimum absolute atomic E-state index is 0.0152. The monoisotopic (exact) mass is 485 g/mol. The van der Waals surface area contributed by atoms with Crippen LogP contribution in [0.4, 0.5) is 4.79 Å². The highest BCUT2D eigenvalue weighted by molar-refractivity contribution is 7.15. The highest BCUT2D eigenvalue weighted by atomic mass is 32.1. The van der Waals surface area contributed by atoms with Gasteiger partial charge in [0.25, 0.3) is 5.91 Å². The van der Waals surface area contributed by atoms with Gasteiger partial charge in [0.2, 0.25) is 0 Å². The molecule has 2 N–H and O–H groups in total. The summed E-state index contributed by atoms with van der Waals surface area (Å²) in [6, 6.07) is 7.39. The lowest BCUT2D eigenvalue weighted by Gasteiger charge is -2.29. The number of aromatic nitrogens is 1. The summed E-state index contributed by atoms with van der Waals surface area (Å²) in [4.78, 5) is 43.7. The van der Waals surface area contributed by atoms with Gasteiger partial charge in [-0.05, 0) is 58.6 Å². The van der Waals surface area contributed by atoms with Crippen molar-refractivity contribution in [3.63, 3.8) is 0 Å². The van der Waals surface area contributed by atoms with Crippen molar-refractivity contribution in [3.8, 4) is 10.6 Å². The number of carboxylic acid groups (broad SMARTS) is 1. The van der Waals surface area contributed by atoms with E-state index in [1.165, 1.54) is 0 Å². The summed E-state index contributed by atoms with van der Waals surface area (Å²) >= 11 is 1.56. The van der Waals surface area contributed by atoms with Gasteiger partial charge in [-0.1, -0.05) is 12.1 Å². The lowest BCUT2D eigenvalue weighted by molar-refractivity contribution is -0.142. The van der Waals surface area contributed by atoms with Crippen LogP contribution in [-0.2, 0) is 22.5 Å². The fourth-order valence-electron chi connectivity index (χ4n) is 4.32. The van der Waals surface area contributed by atoms with Gasteiger partial charge in [-0.15, -0.1) is 11.3 Å². The van der Waals surface area contributed by atoms with E-state index in [0.29, 0.717) is 50.8 Å². The average Bonchev–Trinajstić information content (AvgIpc) is 3.22. The van der Waals surface area contributed by atoms with Crippen LogP contribution in [0.3, 0.4) is 0 Å². The number of carbonyl (C=O) groups is 3. The third-order valence-electron chi connectivity index (χ3n) is 6.19. The van der Waals surface area contributed by atoms with Gasteiger partial charge in [-0.3, -0.25) is 9.59 Å².